The van der Waals surface area contributed by atoms with Crippen LogP contribution in [-0.2, 0) is 16.1 Å². The van der Waals surface area contributed by atoms with Crippen LogP contribution in [0.25, 0.3) is 10.8 Å². The Morgan fingerprint density at radius 2 is 1.79 bits per heavy atom. The van der Waals surface area contributed by atoms with Crippen LogP contribution in [0.1, 0.15) is 42.4 Å². The molecule has 1 aromatic heterocycles. The number of anilines is 2. The van der Waals surface area contributed by atoms with Crippen molar-refractivity contribution in [1.82, 2.24) is 9.88 Å². The monoisotopic (exact) mass is 576 g/mol. The number of amides is 2. The van der Waals surface area contributed by atoms with Gasteiger partial charge < -0.3 is 25.3 Å². The third kappa shape index (κ3) is 7.93. The molecule has 0 fully saturated rings. The summed E-state index contributed by atoms with van der Waals surface area (Å²) in [5.74, 6) is -0.415. The molecule has 0 aliphatic rings. The molecule has 8 nitrogen and oxygen atoms in total. The molecule has 0 radical (unpaired) electrons. The predicted molar refractivity (Wildman–Crippen MR) is 160 cm³/mol. The van der Waals surface area contributed by atoms with Crippen molar-refractivity contribution in [2.45, 2.75) is 45.8 Å². The number of likely N-dealkylation sites (N-methyl/N-ethyl adjacent to an activating group) is 1. The van der Waals surface area contributed by atoms with Gasteiger partial charge in [-0.05, 0) is 72.2 Å². The SMILES string of the molecule is Cc1ccccc1[C@@H](C)CCC(=O)Nc1ccc(OC(F)F)c(CN(C)C(=O)CNc2ccc3cc[nH]c(=O)c3c2)c1. The van der Waals surface area contributed by atoms with Gasteiger partial charge in [0.25, 0.3) is 5.56 Å². The minimum atomic E-state index is -3.05. The lowest BCUT2D eigenvalue weighted by Crippen LogP contribution is -2.32. The molecule has 3 aromatic carbocycles. The van der Waals surface area contributed by atoms with Crippen molar-refractivity contribution < 1.29 is 23.1 Å². The van der Waals surface area contributed by atoms with E-state index in [0.717, 1.165) is 5.39 Å². The molecule has 0 spiro atoms. The third-order valence-corrected chi connectivity index (χ3v) is 7.14. The molecule has 4 aromatic rings. The van der Waals surface area contributed by atoms with Crippen LogP contribution in [0.15, 0.2) is 77.7 Å². The van der Waals surface area contributed by atoms with E-state index < -0.39 is 6.61 Å². The summed E-state index contributed by atoms with van der Waals surface area (Å²) < 4.78 is 30.9. The molecular weight excluding hydrogens is 542 g/mol. The fraction of sp³-hybridized carbons (Fsp3) is 0.281. The molecule has 220 valence electrons. The molecule has 0 unspecified atom stereocenters. The second-order valence-corrected chi connectivity index (χ2v) is 10.3. The molecule has 0 saturated carbocycles. The Morgan fingerprint density at radius 3 is 2.55 bits per heavy atom. The van der Waals surface area contributed by atoms with Gasteiger partial charge in [0, 0.05) is 48.5 Å². The molecule has 0 aliphatic heterocycles. The largest absolute Gasteiger partial charge is 0.434 e. The summed E-state index contributed by atoms with van der Waals surface area (Å²) in [7, 11) is 1.54. The maximum Gasteiger partial charge on any atom is 0.387 e. The van der Waals surface area contributed by atoms with Gasteiger partial charge >= 0.3 is 6.61 Å². The minimum absolute atomic E-state index is 0.0337. The van der Waals surface area contributed by atoms with Crippen molar-refractivity contribution in [3.05, 3.63) is 100.0 Å². The van der Waals surface area contributed by atoms with Gasteiger partial charge in [0.2, 0.25) is 11.8 Å². The summed E-state index contributed by atoms with van der Waals surface area (Å²) >= 11 is 0. The lowest BCUT2D eigenvalue weighted by molar-refractivity contribution is -0.128. The fourth-order valence-electron chi connectivity index (χ4n) is 4.81. The number of pyridine rings is 1. The van der Waals surface area contributed by atoms with Crippen molar-refractivity contribution in [2.24, 2.45) is 0 Å². The average molecular weight is 577 g/mol. The molecule has 0 bridgehead atoms. The van der Waals surface area contributed by atoms with Crippen LogP contribution in [0.5, 0.6) is 5.75 Å². The topological polar surface area (TPSA) is 104 Å². The number of carbonyl (C=O) groups is 2. The minimum Gasteiger partial charge on any atom is -0.434 e. The lowest BCUT2D eigenvalue weighted by atomic mass is 9.92. The van der Waals surface area contributed by atoms with Crippen molar-refractivity contribution in [3.63, 3.8) is 0 Å². The number of aromatic amines is 1. The van der Waals surface area contributed by atoms with Gasteiger partial charge in [0.05, 0.1) is 6.54 Å². The molecular formula is C32H34F2N4O4. The first kappa shape index (κ1) is 30.2. The zero-order valence-electron chi connectivity index (χ0n) is 23.7. The number of carbonyl (C=O) groups excluding carboxylic acids is 2. The predicted octanol–water partition coefficient (Wildman–Crippen LogP) is 6.03. The Labute approximate surface area is 242 Å². The maximum atomic E-state index is 13.1. The molecule has 3 N–H and O–H groups in total. The Balaban J connectivity index is 1.38. The van der Waals surface area contributed by atoms with E-state index >= 15 is 0 Å². The van der Waals surface area contributed by atoms with Crippen molar-refractivity contribution in [3.8, 4) is 5.75 Å². The quantitative estimate of drug-likeness (QED) is 0.191. The number of nitrogens with one attached hydrogen (secondary N) is 3. The first-order valence-electron chi connectivity index (χ1n) is 13.6. The summed E-state index contributed by atoms with van der Waals surface area (Å²) in [5, 5.41) is 7.08. The number of fused-ring (bicyclic) bond motifs is 1. The Morgan fingerprint density at radius 1 is 1.02 bits per heavy atom. The van der Waals surface area contributed by atoms with Gasteiger partial charge in [-0.3, -0.25) is 14.4 Å². The summed E-state index contributed by atoms with van der Waals surface area (Å²) in [4.78, 5) is 41.6. The van der Waals surface area contributed by atoms with Crippen LogP contribution >= 0.6 is 0 Å². The second-order valence-electron chi connectivity index (χ2n) is 10.3. The van der Waals surface area contributed by atoms with Gasteiger partial charge in [-0.25, -0.2) is 0 Å². The molecule has 42 heavy (non-hydrogen) atoms. The first-order valence-corrected chi connectivity index (χ1v) is 13.6. The number of aromatic nitrogens is 1. The van der Waals surface area contributed by atoms with E-state index in [4.69, 9.17) is 0 Å². The number of H-pyrrole nitrogens is 1. The van der Waals surface area contributed by atoms with E-state index in [9.17, 15) is 23.2 Å². The van der Waals surface area contributed by atoms with E-state index in [1.807, 2.05) is 25.1 Å². The van der Waals surface area contributed by atoms with Gasteiger partial charge in [-0.1, -0.05) is 37.3 Å². The van der Waals surface area contributed by atoms with Gasteiger partial charge in [0.15, 0.2) is 0 Å². The number of aryl methyl sites for hydroxylation is 1. The van der Waals surface area contributed by atoms with E-state index in [-0.39, 0.29) is 48.6 Å². The molecule has 0 saturated heterocycles. The number of hydrogen-bond acceptors (Lipinski definition) is 5. The van der Waals surface area contributed by atoms with E-state index in [1.165, 1.54) is 34.2 Å². The standard InChI is InChI=1S/C32H34F2N4O4/c1-20-6-4-5-7-26(20)21(2)8-13-29(39)37-25-11-12-28(42-32(33)34)23(16-25)19-38(3)30(40)18-36-24-10-9-22-14-15-35-31(41)27(22)17-24/h4-7,9-12,14-17,21,32,36H,8,13,18-19H2,1-3H3,(H,35,41)(H,37,39)/t21-/m0/s1. The van der Waals surface area contributed by atoms with E-state index in [2.05, 4.69) is 33.3 Å². The highest BCUT2D eigenvalue weighted by Crippen LogP contribution is 2.27. The highest BCUT2D eigenvalue weighted by molar-refractivity contribution is 5.91. The van der Waals surface area contributed by atoms with E-state index in [0.29, 0.717) is 28.7 Å². The Hall–Kier alpha value is -4.73. The summed E-state index contributed by atoms with van der Waals surface area (Å²) in [6.45, 7) is 0.943. The number of hydrogen-bond donors (Lipinski definition) is 3. The van der Waals surface area contributed by atoms with Crippen LogP contribution < -0.4 is 20.9 Å². The van der Waals surface area contributed by atoms with Crippen LogP contribution in [0.2, 0.25) is 0 Å². The second kappa shape index (κ2) is 13.8. The molecule has 1 atom stereocenters. The fourth-order valence-corrected chi connectivity index (χ4v) is 4.81. The van der Waals surface area contributed by atoms with Gasteiger partial charge in [-0.2, -0.15) is 8.78 Å². The smallest absolute Gasteiger partial charge is 0.387 e. The molecule has 1 heterocycles. The third-order valence-electron chi connectivity index (χ3n) is 7.14. The number of ether oxygens (including phenoxy) is 1. The number of halogens is 2. The zero-order valence-corrected chi connectivity index (χ0v) is 23.7. The Kier molecular flexibility index (Phi) is 9.90. The van der Waals surface area contributed by atoms with Crippen LogP contribution in [0.3, 0.4) is 0 Å². The summed E-state index contributed by atoms with van der Waals surface area (Å²) in [5.41, 5.74) is 3.45. The summed E-state index contributed by atoms with van der Waals surface area (Å²) in [6.07, 6.45) is 2.49. The maximum absolute atomic E-state index is 13.1. The van der Waals surface area contributed by atoms with Crippen LogP contribution in [0.4, 0.5) is 20.2 Å². The van der Waals surface area contributed by atoms with Crippen LogP contribution in [0, 0.1) is 6.92 Å². The molecule has 4 rings (SSSR count). The highest BCUT2D eigenvalue weighted by Gasteiger charge is 2.17. The number of alkyl halides is 2. The van der Waals surface area contributed by atoms with Crippen LogP contribution in [-0.4, -0.2) is 41.9 Å². The van der Waals surface area contributed by atoms with Gasteiger partial charge in [-0.15, -0.1) is 0 Å². The van der Waals surface area contributed by atoms with E-state index in [1.54, 1.807) is 37.5 Å². The van der Waals surface area contributed by atoms with Crippen molar-refractivity contribution >= 4 is 34.0 Å². The highest BCUT2D eigenvalue weighted by atomic mass is 19.3. The van der Waals surface area contributed by atoms with Crippen molar-refractivity contribution in [1.29, 1.82) is 0 Å². The number of benzene rings is 3. The molecule has 2 amide bonds. The summed E-state index contributed by atoms with van der Waals surface area (Å²) in [6, 6.07) is 19.4. The Bertz CT molecular complexity index is 1620. The number of nitrogens with zero attached hydrogens (tertiary/aromatic N) is 1. The average Bonchev–Trinajstić information content (AvgIpc) is 2.96. The van der Waals surface area contributed by atoms with Gasteiger partial charge in [0.1, 0.15) is 5.75 Å². The lowest BCUT2D eigenvalue weighted by Gasteiger charge is -2.21. The zero-order chi connectivity index (χ0) is 30.2. The first-order chi connectivity index (χ1) is 20.1. The number of rotatable bonds is 12. The molecule has 0 aliphatic carbocycles. The van der Waals surface area contributed by atoms with Crippen molar-refractivity contribution in [2.75, 3.05) is 24.2 Å². The normalized spacial score (nSPS) is 11.8. The molecule has 10 heteroatoms.